The summed E-state index contributed by atoms with van der Waals surface area (Å²) in [6.07, 6.45) is 0. The fraction of sp³-hybridized carbons (Fsp3) is 0.200. The Hall–Kier alpha value is -1.55. The predicted molar refractivity (Wildman–Crippen MR) is 81.7 cm³/mol. The van der Waals surface area contributed by atoms with Crippen LogP contribution in [0.1, 0.15) is 24.1 Å². The number of halogens is 2. The Balaban J connectivity index is 2.27. The molecule has 2 aromatic rings. The highest BCUT2D eigenvalue weighted by atomic mass is 79.9. The van der Waals surface area contributed by atoms with Gasteiger partial charge in [0, 0.05) is 21.4 Å². The number of nitrogen functional groups attached to an aromatic ring is 1. The van der Waals surface area contributed by atoms with E-state index in [0.29, 0.717) is 5.56 Å². The molecule has 0 aliphatic carbocycles. The molecule has 0 aliphatic heterocycles. The molecule has 1 atom stereocenters. The van der Waals surface area contributed by atoms with Crippen molar-refractivity contribution in [2.45, 2.75) is 19.9 Å². The van der Waals surface area contributed by atoms with Crippen LogP contribution >= 0.6 is 15.9 Å². The summed E-state index contributed by atoms with van der Waals surface area (Å²) < 4.78 is 14.6. The Morgan fingerprint density at radius 3 is 2.63 bits per heavy atom. The van der Waals surface area contributed by atoms with Crippen LogP contribution in [-0.4, -0.2) is 0 Å². The van der Waals surface area contributed by atoms with Gasteiger partial charge in [-0.05, 0) is 53.5 Å². The third kappa shape index (κ3) is 3.07. The minimum absolute atomic E-state index is 0.125. The standard InChI is InChI=1S/C15H16BrFN2/c1-9-7-15(12(16)8-14(9)18)19-10(2)11-5-3-4-6-13(11)17/h3-8,10,19H,18H2,1-2H3. The molecule has 0 radical (unpaired) electrons. The maximum Gasteiger partial charge on any atom is 0.128 e. The van der Waals surface area contributed by atoms with Gasteiger partial charge in [-0.15, -0.1) is 0 Å². The topological polar surface area (TPSA) is 38.0 Å². The molecule has 2 rings (SSSR count). The molecule has 0 saturated heterocycles. The molecule has 3 N–H and O–H groups in total. The van der Waals surface area contributed by atoms with Gasteiger partial charge < -0.3 is 11.1 Å². The van der Waals surface area contributed by atoms with E-state index >= 15 is 0 Å². The second kappa shape index (κ2) is 5.61. The van der Waals surface area contributed by atoms with E-state index in [1.807, 2.05) is 32.0 Å². The smallest absolute Gasteiger partial charge is 0.128 e. The molecule has 0 bridgehead atoms. The summed E-state index contributed by atoms with van der Waals surface area (Å²) in [4.78, 5) is 0. The van der Waals surface area contributed by atoms with Gasteiger partial charge in [0.05, 0.1) is 6.04 Å². The van der Waals surface area contributed by atoms with Crippen LogP contribution in [0.3, 0.4) is 0 Å². The first-order valence-corrected chi connectivity index (χ1v) is 6.85. The minimum atomic E-state index is -0.203. The number of hydrogen-bond donors (Lipinski definition) is 2. The zero-order valence-electron chi connectivity index (χ0n) is 10.9. The fourth-order valence-electron chi connectivity index (χ4n) is 1.94. The molecular weight excluding hydrogens is 307 g/mol. The monoisotopic (exact) mass is 322 g/mol. The zero-order valence-corrected chi connectivity index (χ0v) is 12.5. The van der Waals surface area contributed by atoms with E-state index in [1.54, 1.807) is 12.1 Å². The van der Waals surface area contributed by atoms with Crippen molar-refractivity contribution < 1.29 is 4.39 Å². The summed E-state index contributed by atoms with van der Waals surface area (Å²) in [7, 11) is 0. The first kappa shape index (κ1) is 13.9. The highest BCUT2D eigenvalue weighted by Crippen LogP contribution is 2.31. The number of benzene rings is 2. The van der Waals surface area contributed by atoms with Crippen LogP contribution in [-0.2, 0) is 0 Å². The van der Waals surface area contributed by atoms with Crippen molar-refractivity contribution in [3.8, 4) is 0 Å². The van der Waals surface area contributed by atoms with Crippen molar-refractivity contribution in [3.63, 3.8) is 0 Å². The molecule has 19 heavy (non-hydrogen) atoms. The molecule has 2 nitrogen and oxygen atoms in total. The summed E-state index contributed by atoms with van der Waals surface area (Å²) in [5, 5.41) is 3.29. The van der Waals surface area contributed by atoms with Gasteiger partial charge >= 0.3 is 0 Å². The first-order chi connectivity index (χ1) is 8.99. The van der Waals surface area contributed by atoms with E-state index in [1.165, 1.54) is 6.07 Å². The Morgan fingerprint density at radius 2 is 1.95 bits per heavy atom. The van der Waals surface area contributed by atoms with Gasteiger partial charge in [-0.1, -0.05) is 18.2 Å². The van der Waals surface area contributed by atoms with E-state index in [4.69, 9.17) is 5.73 Å². The Morgan fingerprint density at radius 1 is 1.26 bits per heavy atom. The number of hydrogen-bond acceptors (Lipinski definition) is 2. The highest BCUT2D eigenvalue weighted by Gasteiger charge is 2.12. The molecule has 100 valence electrons. The molecule has 0 saturated carbocycles. The number of aryl methyl sites for hydroxylation is 1. The van der Waals surface area contributed by atoms with E-state index in [9.17, 15) is 4.39 Å². The molecule has 0 aromatic heterocycles. The summed E-state index contributed by atoms with van der Waals surface area (Å²) in [6.45, 7) is 3.87. The zero-order chi connectivity index (χ0) is 14.0. The van der Waals surface area contributed by atoms with E-state index in [-0.39, 0.29) is 11.9 Å². The third-order valence-corrected chi connectivity index (χ3v) is 3.76. The third-order valence-electron chi connectivity index (χ3n) is 3.10. The molecule has 0 aliphatic rings. The van der Waals surface area contributed by atoms with Crippen molar-refractivity contribution in [3.05, 3.63) is 57.8 Å². The van der Waals surface area contributed by atoms with Crippen molar-refractivity contribution in [1.82, 2.24) is 0 Å². The van der Waals surface area contributed by atoms with E-state index in [2.05, 4.69) is 21.2 Å². The fourth-order valence-corrected chi connectivity index (χ4v) is 2.42. The van der Waals surface area contributed by atoms with Crippen LogP contribution in [0.15, 0.2) is 40.9 Å². The largest absolute Gasteiger partial charge is 0.398 e. The summed E-state index contributed by atoms with van der Waals surface area (Å²) in [5.41, 5.74) is 9.11. The number of anilines is 2. The van der Waals surface area contributed by atoms with Gasteiger partial charge in [0.25, 0.3) is 0 Å². The maximum absolute atomic E-state index is 13.7. The molecule has 4 heteroatoms. The van der Waals surface area contributed by atoms with Crippen LogP contribution in [0.4, 0.5) is 15.8 Å². The van der Waals surface area contributed by atoms with E-state index < -0.39 is 0 Å². The maximum atomic E-state index is 13.7. The van der Waals surface area contributed by atoms with E-state index in [0.717, 1.165) is 21.4 Å². The molecule has 1 unspecified atom stereocenters. The second-order valence-corrected chi connectivity index (χ2v) is 5.43. The molecule has 0 fully saturated rings. The van der Waals surface area contributed by atoms with Crippen LogP contribution in [0.5, 0.6) is 0 Å². The molecule has 0 heterocycles. The van der Waals surface area contributed by atoms with Crippen molar-refractivity contribution in [1.29, 1.82) is 0 Å². The van der Waals surface area contributed by atoms with Crippen LogP contribution in [0.2, 0.25) is 0 Å². The lowest BCUT2D eigenvalue weighted by Gasteiger charge is -2.18. The minimum Gasteiger partial charge on any atom is -0.398 e. The van der Waals surface area contributed by atoms with Crippen LogP contribution in [0, 0.1) is 12.7 Å². The quantitative estimate of drug-likeness (QED) is 0.807. The molecule has 0 spiro atoms. The lowest BCUT2D eigenvalue weighted by molar-refractivity contribution is 0.600. The van der Waals surface area contributed by atoms with Gasteiger partial charge in [-0.2, -0.15) is 0 Å². The van der Waals surface area contributed by atoms with Crippen molar-refractivity contribution >= 4 is 27.3 Å². The van der Waals surface area contributed by atoms with Gasteiger partial charge in [0.2, 0.25) is 0 Å². The van der Waals surface area contributed by atoms with Gasteiger partial charge in [-0.25, -0.2) is 4.39 Å². The Labute approximate surface area is 121 Å². The summed E-state index contributed by atoms with van der Waals surface area (Å²) >= 11 is 3.46. The van der Waals surface area contributed by atoms with Crippen LogP contribution in [0.25, 0.3) is 0 Å². The number of nitrogens with one attached hydrogen (secondary N) is 1. The summed E-state index contributed by atoms with van der Waals surface area (Å²) in [6, 6.07) is 10.5. The first-order valence-electron chi connectivity index (χ1n) is 6.05. The average Bonchev–Trinajstić information content (AvgIpc) is 2.36. The molecular formula is C15H16BrFN2. The lowest BCUT2D eigenvalue weighted by Crippen LogP contribution is -2.09. The van der Waals surface area contributed by atoms with Gasteiger partial charge in [0.1, 0.15) is 5.82 Å². The molecule has 0 amide bonds. The number of nitrogens with two attached hydrogens (primary N) is 1. The van der Waals surface area contributed by atoms with Crippen LogP contribution < -0.4 is 11.1 Å². The number of rotatable bonds is 3. The second-order valence-electron chi connectivity index (χ2n) is 4.58. The average molecular weight is 323 g/mol. The Bertz CT molecular complexity index is 599. The van der Waals surface area contributed by atoms with Crippen molar-refractivity contribution in [2.75, 3.05) is 11.1 Å². The highest BCUT2D eigenvalue weighted by molar-refractivity contribution is 9.10. The van der Waals surface area contributed by atoms with Gasteiger partial charge in [-0.3, -0.25) is 0 Å². The predicted octanol–water partition coefficient (Wildman–Crippen LogP) is 4.65. The lowest BCUT2D eigenvalue weighted by atomic mass is 10.1. The van der Waals surface area contributed by atoms with Gasteiger partial charge in [0.15, 0.2) is 0 Å². The molecule has 2 aromatic carbocycles. The normalized spacial score (nSPS) is 12.2. The Kier molecular flexibility index (Phi) is 4.10. The summed E-state index contributed by atoms with van der Waals surface area (Å²) in [5.74, 6) is -0.203. The van der Waals surface area contributed by atoms with Crippen molar-refractivity contribution in [2.24, 2.45) is 0 Å². The SMILES string of the molecule is Cc1cc(NC(C)c2ccccc2F)c(Br)cc1N.